The summed E-state index contributed by atoms with van der Waals surface area (Å²) in [6.07, 6.45) is 0. The molecule has 1 heterocycles. The number of nitrogens with one attached hydrogen (secondary N) is 1. The van der Waals surface area contributed by atoms with Gasteiger partial charge in [-0.15, -0.1) is 11.6 Å². The van der Waals surface area contributed by atoms with Crippen LogP contribution in [0.5, 0.6) is 0 Å². The Morgan fingerprint density at radius 2 is 2.30 bits per heavy atom. The molecule has 0 aliphatic carbocycles. The molecule has 0 saturated carbocycles. The van der Waals surface area contributed by atoms with E-state index in [1.807, 2.05) is 6.92 Å². The molecule has 20 heavy (non-hydrogen) atoms. The number of benzene rings is 1. The fraction of sp³-hybridized carbons (Fsp3) is 0.385. The average molecular weight is 363 g/mol. The summed E-state index contributed by atoms with van der Waals surface area (Å²) in [5, 5.41) is 2.76. The summed E-state index contributed by atoms with van der Waals surface area (Å²) in [6.45, 7) is 4.16. The third-order valence-corrected chi connectivity index (χ3v) is 3.89. The minimum absolute atomic E-state index is 0.126. The van der Waals surface area contributed by atoms with Crippen molar-refractivity contribution in [2.45, 2.75) is 25.8 Å². The summed E-state index contributed by atoms with van der Waals surface area (Å²) in [5.41, 5.74) is 1.16. The smallest absolute Gasteiger partial charge is 0.242 e. The Bertz CT molecular complexity index is 659. The molecule has 0 saturated heterocycles. The van der Waals surface area contributed by atoms with Crippen LogP contribution in [0.15, 0.2) is 16.6 Å². The van der Waals surface area contributed by atoms with Crippen molar-refractivity contribution in [1.82, 2.24) is 14.9 Å². The lowest BCUT2D eigenvalue weighted by Gasteiger charge is -2.16. The normalized spacial score (nSPS) is 12.7. The molecule has 108 valence electrons. The Kier molecular flexibility index (Phi) is 4.65. The predicted molar refractivity (Wildman–Crippen MR) is 80.3 cm³/mol. The zero-order valence-electron chi connectivity index (χ0n) is 11.1. The number of likely N-dealkylation sites (N-methyl/N-ethyl adjacent to an activating group) is 1. The van der Waals surface area contributed by atoms with Crippen molar-refractivity contribution in [3.63, 3.8) is 0 Å². The van der Waals surface area contributed by atoms with Gasteiger partial charge in [-0.05, 0) is 35.8 Å². The van der Waals surface area contributed by atoms with Crippen LogP contribution in [0, 0.1) is 5.82 Å². The highest BCUT2D eigenvalue weighted by Crippen LogP contribution is 2.27. The van der Waals surface area contributed by atoms with Gasteiger partial charge in [0.05, 0.1) is 21.4 Å². The van der Waals surface area contributed by atoms with Gasteiger partial charge in [0.1, 0.15) is 17.7 Å². The van der Waals surface area contributed by atoms with Gasteiger partial charge in [0.2, 0.25) is 5.91 Å². The first-order valence-corrected chi connectivity index (χ1v) is 7.51. The molecule has 1 aromatic heterocycles. The fourth-order valence-corrected chi connectivity index (χ4v) is 2.63. The zero-order valence-corrected chi connectivity index (χ0v) is 13.4. The van der Waals surface area contributed by atoms with Gasteiger partial charge in [-0.3, -0.25) is 4.79 Å². The summed E-state index contributed by atoms with van der Waals surface area (Å²) in [6, 6.07) is 2.48. The topological polar surface area (TPSA) is 46.9 Å². The van der Waals surface area contributed by atoms with E-state index in [4.69, 9.17) is 11.6 Å². The maximum atomic E-state index is 13.6. The first kappa shape index (κ1) is 15.3. The first-order valence-electron chi connectivity index (χ1n) is 6.19. The van der Waals surface area contributed by atoms with Crippen LogP contribution in [0.2, 0.25) is 0 Å². The van der Waals surface area contributed by atoms with Crippen molar-refractivity contribution >= 4 is 44.5 Å². The molecule has 1 amide bonds. The SMILES string of the molecule is CCNC(=O)C(C)n1c(CCl)nc2cc(F)c(Br)cc21. The van der Waals surface area contributed by atoms with Gasteiger partial charge in [0.15, 0.2) is 0 Å². The van der Waals surface area contributed by atoms with Crippen molar-refractivity contribution in [3.8, 4) is 0 Å². The lowest BCUT2D eigenvalue weighted by atomic mass is 10.2. The Balaban J connectivity index is 2.60. The lowest BCUT2D eigenvalue weighted by molar-refractivity contribution is -0.123. The molecule has 4 nitrogen and oxygen atoms in total. The van der Waals surface area contributed by atoms with Gasteiger partial charge in [-0.2, -0.15) is 0 Å². The van der Waals surface area contributed by atoms with Crippen LogP contribution in [0.4, 0.5) is 4.39 Å². The van der Waals surface area contributed by atoms with Crippen LogP contribution < -0.4 is 5.32 Å². The van der Waals surface area contributed by atoms with Gasteiger partial charge in [0, 0.05) is 12.6 Å². The van der Waals surface area contributed by atoms with E-state index in [0.717, 1.165) is 0 Å². The second-order valence-corrected chi connectivity index (χ2v) is 5.48. The van der Waals surface area contributed by atoms with E-state index in [2.05, 4.69) is 26.2 Å². The average Bonchev–Trinajstić information content (AvgIpc) is 2.76. The minimum Gasteiger partial charge on any atom is -0.355 e. The molecule has 0 aliphatic rings. The number of imidazole rings is 1. The summed E-state index contributed by atoms with van der Waals surface area (Å²) in [4.78, 5) is 16.3. The standard InChI is InChI=1S/C13H14BrClFN3O/c1-3-17-13(20)7(2)19-11-4-8(14)9(16)5-10(11)18-12(19)6-15/h4-5,7H,3,6H2,1-2H3,(H,17,20). The maximum absolute atomic E-state index is 13.6. The Morgan fingerprint density at radius 1 is 1.60 bits per heavy atom. The number of halogens is 3. The molecule has 2 aromatic rings. The van der Waals surface area contributed by atoms with E-state index < -0.39 is 11.9 Å². The summed E-state index contributed by atoms with van der Waals surface area (Å²) < 4.78 is 15.6. The van der Waals surface area contributed by atoms with E-state index >= 15 is 0 Å². The van der Waals surface area contributed by atoms with Crippen LogP contribution in [0.25, 0.3) is 11.0 Å². The van der Waals surface area contributed by atoms with E-state index in [0.29, 0.717) is 27.9 Å². The lowest BCUT2D eigenvalue weighted by Crippen LogP contribution is -2.31. The minimum atomic E-state index is -0.467. The van der Waals surface area contributed by atoms with Gasteiger partial charge >= 0.3 is 0 Å². The molecule has 0 fully saturated rings. The van der Waals surface area contributed by atoms with Crippen molar-refractivity contribution in [2.24, 2.45) is 0 Å². The van der Waals surface area contributed by atoms with Crippen LogP contribution in [-0.2, 0) is 10.7 Å². The predicted octanol–water partition coefficient (Wildman–Crippen LogP) is 3.37. The molecular weight excluding hydrogens is 349 g/mol. The van der Waals surface area contributed by atoms with Crippen molar-refractivity contribution in [1.29, 1.82) is 0 Å². The molecule has 0 aliphatic heterocycles. The summed E-state index contributed by atoms with van der Waals surface area (Å²) in [5.74, 6) is 0.169. The maximum Gasteiger partial charge on any atom is 0.242 e. The third-order valence-electron chi connectivity index (χ3n) is 3.04. The van der Waals surface area contributed by atoms with Gasteiger partial charge in [-0.25, -0.2) is 9.37 Å². The summed E-state index contributed by atoms with van der Waals surface area (Å²) >= 11 is 9.04. The van der Waals surface area contributed by atoms with Crippen molar-refractivity contribution in [2.75, 3.05) is 6.54 Å². The second kappa shape index (κ2) is 6.10. The number of alkyl halides is 1. The molecule has 1 atom stereocenters. The largest absolute Gasteiger partial charge is 0.355 e. The van der Waals surface area contributed by atoms with E-state index in [-0.39, 0.29) is 11.8 Å². The monoisotopic (exact) mass is 361 g/mol. The molecule has 1 unspecified atom stereocenters. The highest BCUT2D eigenvalue weighted by atomic mass is 79.9. The Hall–Kier alpha value is -1.14. The van der Waals surface area contributed by atoms with Crippen molar-refractivity contribution < 1.29 is 9.18 Å². The number of hydrogen-bond acceptors (Lipinski definition) is 2. The first-order chi connectivity index (χ1) is 9.49. The molecule has 1 N–H and O–H groups in total. The van der Waals surface area contributed by atoms with Crippen LogP contribution in [0.1, 0.15) is 25.7 Å². The van der Waals surface area contributed by atoms with E-state index in [9.17, 15) is 9.18 Å². The fourth-order valence-electron chi connectivity index (χ4n) is 2.11. The number of carbonyl (C=O) groups is 1. The van der Waals surface area contributed by atoms with Crippen LogP contribution >= 0.6 is 27.5 Å². The Labute approximate surface area is 129 Å². The molecule has 1 aromatic carbocycles. The molecule has 0 radical (unpaired) electrons. The van der Waals surface area contributed by atoms with Gasteiger partial charge in [-0.1, -0.05) is 0 Å². The molecule has 7 heteroatoms. The number of nitrogens with zero attached hydrogens (tertiary/aromatic N) is 2. The summed E-state index contributed by atoms with van der Waals surface area (Å²) in [7, 11) is 0. The van der Waals surface area contributed by atoms with Gasteiger partial charge < -0.3 is 9.88 Å². The number of carbonyl (C=O) groups excluding carboxylic acids is 1. The number of fused-ring (bicyclic) bond motifs is 1. The van der Waals surface area contributed by atoms with Crippen molar-refractivity contribution in [3.05, 3.63) is 28.2 Å². The number of hydrogen-bond donors (Lipinski definition) is 1. The van der Waals surface area contributed by atoms with E-state index in [1.165, 1.54) is 6.07 Å². The molecular formula is C13H14BrClFN3O. The molecule has 0 bridgehead atoms. The van der Waals surface area contributed by atoms with Gasteiger partial charge in [0.25, 0.3) is 0 Å². The highest BCUT2D eigenvalue weighted by molar-refractivity contribution is 9.10. The Morgan fingerprint density at radius 3 is 2.90 bits per heavy atom. The number of aromatic nitrogens is 2. The highest BCUT2D eigenvalue weighted by Gasteiger charge is 2.21. The van der Waals surface area contributed by atoms with E-state index in [1.54, 1.807) is 17.6 Å². The molecule has 2 rings (SSSR count). The third kappa shape index (κ3) is 2.67. The second-order valence-electron chi connectivity index (χ2n) is 4.36. The zero-order chi connectivity index (χ0) is 14.9. The van der Waals surface area contributed by atoms with Crippen LogP contribution in [0.3, 0.4) is 0 Å². The number of amides is 1. The van der Waals surface area contributed by atoms with Crippen LogP contribution in [-0.4, -0.2) is 22.0 Å². The molecule has 0 spiro atoms. The quantitative estimate of drug-likeness (QED) is 0.848. The number of rotatable bonds is 4.